The average molecular weight is 286 g/mol. The van der Waals surface area contributed by atoms with E-state index in [0.717, 1.165) is 37.8 Å². The Labute approximate surface area is 125 Å². The van der Waals surface area contributed by atoms with Crippen molar-refractivity contribution >= 4 is 11.9 Å². The fraction of sp³-hybridized carbons (Fsp3) is 0.529. The summed E-state index contributed by atoms with van der Waals surface area (Å²) in [6.07, 6.45) is 4.97. The van der Waals surface area contributed by atoms with E-state index >= 15 is 0 Å². The first-order valence-corrected chi connectivity index (χ1v) is 7.65. The Hall–Kier alpha value is -1.68. The highest BCUT2D eigenvalue weighted by atomic mass is 16.6. The van der Waals surface area contributed by atoms with Gasteiger partial charge in [0.15, 0.2) is 5.54 Å². The molecule has 4 nitrogen and oxygen atoms in total. The number of esters is 1. The molecule has 0 amide bonds. The summed E-state index contributed by atoms with van der Waals surface area (Å²) in [5.41, 5.74) is 1.51. The Morgan fingerprint density at radius 1 is 1.24 bits per heavy atom. The Kier molecular flexibility index (Phi) is 3.81. The summed E-state index contributed by atoms with van der Waals surface area (Å²) in [5, 5.41) is 0. The lowest BCUT2D eigenvalue weighted by Crippen LogP contribution is -2.35. The molecule has 0 N–H and O–H groups in total. The van der Waals surface area contributed by atoms with Gasteiger partial charge in [0.25, 0.3) is 0 Å². The van der Waals surface area contributed by atoms with E-state index in [1.165, 1.54) is 12.0 Å². The smallest absolute Gasteiger partial charge is 0.340 e. The van der Waals surface area contributed by atoms with E-state index in [1.54, 1.807) is 0 Å². The molecule has 0 radical (unpaired) electrons. The van der Waals surface area contributed by atoms with Crippen molar-refractivity contribution < 1.29 is 9.53 Å². The standard InChI is InChI=1S/C17H22N2O2/c1-19(2)12-13-7-6-8-14(11-13)15-18-17(16(20)21-15)9-4-3-5-10-17/h6-8,11H,3-5,9-10,12H2,1-2H3. The van der Waals surface area contributed by atoms with Crippen LogP contribution in [0.1, 0.15) is 43.2 Å². The van der Waals surface area contributed by atoms with Gasteiger partial charge in [0.05, 0.1) is 0 Å². The van der Waals surface area contributed by atoms with Crippen molar-refractivity contribution in [2.75, 3.05) is 14.1 Å². The number of benzene rings is 1. The van der Waals surface area contributed by atoms with Crippen molar-refractivity contribution in [1.29, 1.82) is 0 Å². The fourth-order valence-corrected chi connectivity index (χ4v) is 3.19. The molecule has 0 atom stereocenters. The first kappa shape index (κ1) is 14.3. The number of rotatable bonds is 3. The van der Waals surface area contributed by atoms with Crippen LogP contribution in [0.2, 0.25) is 0 Å². The molecule has 1 spiro atoms. The minimum atomic E-state index is -0.592. The van der Waals surface area contributed by atoms with Gasteiger partial charge in [-0.1, -0.05) is 31.4 Å². The number of ether oxygens (including phenoxy) is 1. The first-order chi connectivity index (χ1) is 10.1. The van der Waals surface area contributed by atoms with Crippen LogP contribution in [0.15, 0.2) is 29.3 Å². The van der Waals surface area contributed by atoms with E-state index in [0.29, 0.717) is 5.90 Å². The second kappa shape index (κ2) is 5.60. The van der Waals surface area contributed by atoms with Gasteiger partial charge in [0, 0.05) is 12.1 Å². The summed E-state index contributed by atoms with van der Waals surface area (Å²) in [6.45, 7) is 0.861. The van der Waals surface area contributed by atoms with E-state index in [9.17, 15) is 4.79 Å². The van der Waals surface area contributed by atoms with Crippen LogP contribution in [0, 0.1) is 0 Å². The molecule has 0 unspecified atom stereocenters. The van der Waals surface area contributed by atoms with Gasteiger partial charge in [0.2, 0.25) is 5.90 Å². The SMILES string of the molecule is CN(C)Cc1cccc(C2=NC3(CCCCC3)C(=O)O2)c1. The van der Waals surface area contributed by atoms with Crippen molar-refractivity contribution in [3.8, 4) is 0 Å². The van der Waals surface area contributed by atoms with E-state index in [2.05, 4.69) is 22.0 Å². The maximum atomic E-state index is 12.3. The molecule has 21 heavy (non-hydrogen) atoms. The highest BCUT2D eigenvalue weighted by Crippen LogP contribution is 2.37. The summed E-state index contributed by atoms with van der Waals surface area (Å²) < 4.78 is 5.50. The van der Waals surface area contributed by atoms with Crippen LogP contribution in [0.25, 0.3) is 0 Å². The van der Waals surface area contributed by atoms with Crippen LogP contribution >= 0.6 is 0 Å². The molecular weight excluding hydrogens is 264 g/mol. The zero-order chi connectivity index (χ0) is 14.9. The van der Waals surface area contributed by atoms with Crippen molar-refractivity contribution in [3.63, 3.8) is 0 Å². The molecule has 1 aliphatic heterocycles. The van der Waals surface area contributed by atoms with Crippen molar-refractivity contribution in [2.24, 2.45) is 4.99 Å². The van der Waals surface area contributed by atoms with Gasteiger partial charge in [-0.25, -0.2) is 9.79 Å². The molecule has 0 saturated heterocycles. The van der Waals surface area contributed by atoms with Crippen molar-refractivity contribution in [2.45, 2.75) is 44.2 Å². The molecule has 1 aliphatic carbocycles. The van der Waals surface area contributed by atoms with Crippen LogP contribution < -0.4 is 0 Å². The fourth-order valence-electron chi connectivity index (χ4n) is 3.19. The second-order valence-corrected chi connectivity index (χ2v) is 6.34. The minimum Gasteiger partial charge on any atom is -0.405 e. The van der Waals surface area contributed by atoms with Gasteiger partial charge in [-0.15, -0.1) is 0 Å². The Balaban J connectivity index is 1.87. The monoisotopic (exact) mass is 286 g/mol. The highest BCUT2D eigenvalue weighted by Gasteiger charge is 2.46. The maximum Gasteiger partial charge on any atom is 0.340 e. The van der Waals surface area contributed by atoms with Crippen LogP contribution in [-0.4, -0.2) is 36.4 Å². The first-order valence-electron chi connectivity index (χ1n) is 7.65. The summed E-state index contributed by atoms with van der Waals surface area (Å²) in [7, 11) is 4.08. The van der Waals surface area contributed by atoms with Gasteiger partial charge in [-0.05, 0) is 44.6 Å². The van der Waals surface area contributed by atoms with Crippen molar-refractivity contribution in [1.82, 2.24) is 4.90 Å². The molecule has 3 rings (SSSR count). The van der Waals surface area contributed by atoms with Gasteiger partial charge in [-0.3, -0.25) is 0 Å². The van der Waals surface area contributed by atoms with Crippen LogP contribution in [-0.2, 0) is 16.1 Å². The molecule has 4 heteroatoms. The molecule has 112 valence electrons. The van der Waals surface area contributed by atoms with Crippen LogP contribution in [0.4, 0.5) is 0 Å². The Morgan fingerprint density at radius 3 is 2.71 bits per heavy atom. The van der Waals surface area contributed by atoms with Gasteiger partial charge in [-0.2, -0.15) is 0 Å². The molecule has 0 aromatic heterocycles. The number of carbonyl (C=O) groups is 1. The number of hydrogen-bond acceptors (Lipinski definition) is 4. The molecule has 2 aliphatic rings. The van der Waals surface area contributed by atoms with E-state index in [4.69, 9.17) is 4.74 Å². The zero-order valence-corrected chi connectivity index (χ0v) is 12.8. The third-order valence-electron chi connectivity index (χ3n) is 4.24. The lowest BCUT2D eigenvalue weighted by molar-refractivity contribution is -0.140. The van der Waals surface area contributed by atoms with Crippen molar-refractivity contribution in [3.05, 3.63) is 35.4 Å². The molecular formula is C17H22N2O2. The van der Waals surface area contributed by atoms with Gasteiger partial charge in [0.1, 0.15) is 0 Å². The summed E-state index contributed by atoms with van der Waals surface area (Å²) in [6, 6.07) is 8.11. The summed E-state index contributed by atoms with van der Waals surface area (Å²) in [5.74, 6) is 0.345. The molecule has 0 bridgehead atoms. The van der Waals surface area contributed by atoms with Gasteiger partial charge < -0.3 is 9.64 Å². The van der Waals surface area contributed by atoms with Crippen LogP contribution in [0.3, 0.4) is 0 Å². The maximum absolute atomic E-state index is 12.3. The molecule has 1 heterocycles. The lowest BCUT2D eigenvalue weighted by atomic mass is 9.83. The third kappa shape index (κ3) is 2.86. The third-order valence-corrected chi connectivity index (χ3v) is 4.24. The minimum absolute atomic E-state index is 0.157. The quantitative estimate of drug-likeness (QED) is 0.802. The van der Waals surface area contributed by atoms with E-state index in [-0.39, 0.29) is 5.97 Å². The molecule has 1 aromatic carbocycles. The molecule has 1 fully saturated rings. The number of nitrogens with zero attached hydrogens (tertiary/aromatic N) is 2. The van der Waals surface area contributed by atoms with Crippen LogP contribution in [0.5, 0.6) is 0 Å². The average Bonchev–Trinajstić information content (AvgIpc) is 2.76. The van der Waals surface area contributed by atoms with E-state index < -0.39 is 5.54 Å². The number of cyclic esters (lactones) is 1. The predicted molar refractivity (Wildman–Crippen MR) is 82.3 cm³/mol. The van der Waals surface area contributed by atoms with Gasteiger partial charge >= 0.3 is 5.97 Å². The Morgan fingerprint density at radius 2 is 2.00 bits per heavy atom. The molecule has 1 aromatic rings. The normalized spacial score (nSPS) is 20.7. The lowest BCUT2D eigenvalue weighted by Gasteiger charge is -2.25. The summed E-state index contributed by atoms with van der Waals surface area (Å²) >= 11 is 0. The highest BCUT2D eigenvalue weighted by molar-refractivity contribution is 6.08. The predicted octanol–water partition coefficient (Wildman–Crippen LogP) is 2.75. The second-order valence-electron chi connectivity index (χ2n) is 6.34. The number of aliphatic imine (C=N–C) groups is 1. The summed E-state index contributed by atoms with van der Waals surface area (Å²) in [4.78, 5) is 19.0. The zero-order valence-electron chi connectivity index (χ0n) is 12.8. The number of hydrogen-bond donors (Lipinski definition) is 0. The van der Waals surface area contributed by atoms with E-state index in [1.807, 2.05) is 26.2 Å². The topological polar surface area (TPSA) is 41.9 Å². The number of carbonyl (C=O) groups excluding carboxylic acids is 1. The molecule has 1 saturated carbocycles. The Bertz CT molecular complexity index is 572. The largest absolute Gasteiger partial charge is 0.405 e.